The van der Waals surface area contributed by atoms with Gasteiger partial charge in [0.2, 0.25) is 10.0 Å². The van der Waals surface area contributed by atoms with Crippen LogP contribution in [0.5, 0.6) is 5.75 Å². The van der Waals surface area contributed by atoms with E-state index in [0.29, 0.717) is 0 Å². The van der Waals surface area contributed by atoms with Gasteiger partial charge < -0.3 is 9.84 Å². The van der Waals surface area contributed by atoms with Crippen molar-refractivity contribution in [1.29, 1.82) is 0 Å². The maximum Gasteiger partial charge on any atom is 0.306 e. The summed E-state index contributed by atoms with van der Waals surface area (Å²) in [5, 5.41) is 9.20. The number of phenols is 1. The minimum Gasteiger partial charge on any atom is -0.504 e. The van der Waals surface area contributed by atoms with Crippen LogP contribution >= 0.6 is 11.6 Å². The van der Waals surface area contributed by atoms with Crippen molar-refractivity contribution in [2.45, 2.75) is 13.3 Å². The Hall–Kier alpha value is -1.54. The summed E-state index contributed by atoms with van der Waals surface area (Å²) in [4.78, 5) is 11.1. The van der Waals surface area contributed by atoms with Gasteiger partial charge in [0.15, 0.2) is 5.75 Å². The SMILES string of the molecule is CCOC(=O)CCS(=O)(=O)Nc1cc(F)cc(Cl)c1O. The molecule has 0 atom stereocenters. The standard InChI is InChI=1S/C11H13ClFNO5S/c1-2-19-10(15)3-4-20(17,18)14-9-6-7(13)5-8(12)11(9)16/h5-6,14,16H,2-4H2,1H3. The quantitative estimate of drug-likeness (QED) is 0.615. The fourth-order valence-electron chi connectivity index (χ4n) is 1.31. The number of sulfonamides is 1. The third kappa shape index (κ3) is 4.86. The molecule has 0 saturated carbocycles. The van der Waals surface area contributed by atoms with Gasteiger partial charge in [-0.25, -0.2) is 12.8 Å². The van der Waals surface area contributed by atoms with E-state index in [9.17, 15) is 22.7 Å². The molecular formula is C11H13ClFNO5S. The number of phenolic OH excluding ortho intramolecular Hbond substituents is 1. The van der Waals surface area contributed by atoms with E-state index in [-0.39, 0.29) is 23.7 Å². The first-order valence-corrected chi connectivity index (χ1v) is 7.62. The van der Waals surface area contributed by atoms with Crippen LogP contribution in [0.2, 0.25) is 5.02 Å². The average Bonchev–Trinajstić information content (AvgIpc) is 2.33. The lowest BCUT2D eigenvalue weighted by Gasteiger charge is -2.10. The van der Waals surface area contributed by atoms with Gasteiger partial charge >= 0.3 is 5.97 Å². The zero-order valence-electron chi connectivity index (χ0n) is 10.5. The number of anilines is 1. The number of ether oxygens (including phenoxy) is 1. The lowest BCUT2D eigenvalue weighted by molar-refractivity contribution is -0.142. The molecule has 0 saturated heterocycles. The molecule has 6 nitrogen and oxygen atoms in total. The molecule has 9 heteroatoms. The Morgan fingerprint density at radius 3 is 2.75 bits per heavy atom. The average molecular weight is 326 g/mol. The fraction of sp³-hybridized carbons (Fsp3) is 0.364. The predicted molar refractivity (Wildman–Crippen MR) is 71.7 cm³/mol. The van der Waals surface area contributed by atoms with Gasteiger partial charge in [-0.1, -0.05) is 11.6 Å². The second-order valence-corrected chi connectivity index (χ2v) is 6.01. The molecule has 0 heterocycles. The number of hydrogen-bond acceptors (Lipinski definition) is 5. The number of esters is 1. The molecule has 1 aromatic rings. The van der Waals surface area contributed by atoms with Crippen molar-refractivity contribution in [3.63, 3.8) is 0 Å². The first-order valence-electron chi connectivity index (χ1n) is 5.59. The first-order chi connectivity index (χ1) is 9.25. The highest BCUT2D eigenvalue weighted by Crippen LogP contribution is 2.33. The van der Waals surface area contributed by atoms with Gasteiger partial charge in [0, 0.05) is 6.07 Å². The maximum atomic E-state index is 13.1. The van der Waals surface area contributed by atoms with Gasteiger partial charge in [0.25, 0.3) is 0 Å². The molecule has 0 aliphatic heterocycles. The molecule has 1 aromatic carbocycles. The number of halogens is 2. The van der Waals surface area contributed by atoms with Crippen LogP contribution in [0.15, 0.2) is 12.1 Å². The van der Waals surface area contributed by atoms with Crippen molar-refractivity contribution in [2.24, 2.45) is 0 Å². The molecule has 2 N–H and O–H groups in total. The summed E-state index contributed by atoms with van der Waals surface area (Å²) in [6.07, 6.45) is -0.354. The lowest BCUT2D eigenvalue weighted by atomic mass is 10.3. The minimum atomic E-state index is -3.94. The second-order valence-electron chi connectivity index (χ2n) is 3.76. The number of hydrogen-bond donors (Lipinski definition) is 2. The Bertz CT molecular complexity index is 605. The molecule has 0 spiro atoms. The number of rotatable bonds is 6. The summed E-state index contributed by atoms with van der Waals surface area (Å²) in [6, 6.07) is 1.62. The van der Waals surface area contributed by atoms with E-state index < -0.39 is 33.3 Å². The van der Waals surface area contributed by atoms with Crippen molar-refractivity contribution in [1.82, 2.24) is 0 Å². The molecular weight excluding hydrogens is 313 g/mol. The summed E-state index contributed by atoms with van der Waals surface area (Å²) >= 11 is 5.52. The Balaban J connectivity index is 2.79. The van der Waals surface area contributed by atoms with Gasteiger partial charge in [0.1, 0.15) is 5.82 Å². The van der Waals surface area contributed by atoms with E-state index in [1.54, 1.807) is 6.92 Å². The van der Waals surface area contributed by atoms with E-state index in [0.717, 1.165) is 12.1 Å². The van der Waals surface area contributed by atoms with Crippen molar-refractivity contribution < 1.29 is 27.4 Å². The minimum absolute atomic E-state index is 0.145. The Kier molecular flexibility index (Phi) is 5.58. The van der Waals surface area contributed by atoms with Gasteiger partial charge in [0.05, 0.1) is 29.5 Å². The molecule has 0 radical (unpaired) electrons. The molecule has 0 aromatic heterocycles. The topological polar surface area (TPSA) is 92.7 Å². The van der Waals surface area contributed by atoms with Crippen LogP contribution in [0.3, 0.4) is 0 Å². The van der Waals surface area contributed by atoms with Crippen molar-refractivity contribution in [3.8, 4) is 5.75 Å². The van der Waals surface area contributed by atoms with Crippen molar-refractivity contribution in [3.05, 3.63) is 23.0 Å². The number of nitrogens with one attached hydrogen (secondary N) is 1. The summed E-state index contributed by atoms with van der Waals surface area (Å²) in [7, 11) is -3.94. The molecule has 112 valence electrons. The lowest BCUT2D eigenvalue weighted by Crippen LogP contribution is -2.20. The van der Waals surface area contributed by atoms with E-state index >= 15 is 0 Å². The predicted octanol–water partition coefficient (Wildman–Crippen LogP) is 1.88. The monoisotopic (exact) mass is 325 g/mol. The Morgan fingerprint density at radius 1 is 1.50 bits per heavy atom. The molecule has 0 bridgehead atoms. The third-order valence-electron chi connectivity index (χ3n) is 2.17. The van der Waals surface area contributed by atoms with Crippen LogP contribution in [0.25, 0.3) is 0 Å². The Labute approximate surface area is 120 Å². The van der Waals surface area contributed by atoms with Crippen LogP contribution in [0.4, 0.5) is 10.1 Å². The highest BCUT2D eigenvalue weighted by Gasteiger charge is 2.17. The number of benzene rings is 1. The third-order valence-corrected chi connectivity index (χ3v) is 3.73. The molecule has 1 rings (SSSR count). The smallest absolute Gasteiger partial charge is 0.306 e. The van der Waals surface area contributed by atoms with E-state index in [1.807, 2.05) is 4.72 Å². The summed E-state index contributed by atoms with van der Waals surface area (Å²) in [6.45, 7) is 1.74. The fourth-order valence-corrected chi connectivity index (χ4v) is 2.55. The maximum absolute atomic E-state index is 13.1. The molecule has 0 amide bonds. The van der Waals surface area contributed by atoms with Crippen LogP contribution in [-0.4, -0.2) is 31.9 Å². The van der Waals surface area contributed by atoms with Gasteiger partial charge in [-0.2, -0.15) is 0 Å². The molecule has 20 heavy (non-hydrogen) atoms. The zero-order valence-corrected chi connectivity index (χ0v) is 12.1. The summed E-state index contributed by atoms with van der Waals surface area (Å²) in [5.41, 5.74) is -0.390. The number of carbonyl (C=O) groups excluding carboxylic acids is 1. The molecule has 0 aliphatic rings. The van der Waals surface area contributed by atoms with Crippen LogP contribution in [-0.2, 0) is 19.6 Å². The largest absolute Gasteiger partial charge is 0.504 e. The second kappa shape index (κ2) is 6.76. The van der Waals surface area contributed by atoms with E-state index in [4.69, 9.17) is 11.6 Å². The summed E-state index contributed by atoms with van der Waals surface area (Å²) in [5.74, 6) is -2.62. The zero-order chi connectivity index (χ0) is 15.3. The van der Waals surface area contributed by atoms with E-state index in [1.165, 1.54) is 0 Å². The van der Waals surface area contributed by atoms with E-state index in [2.05, 4.69) is 4.74 Å². The first kappa shape index (κ1) is 16.5. The van der Waals surface area contributed by atoms with Crippen LogP contribution in [0, 0.1) is 5.82 Å². The Morgan fingerprint density at radius 2 is 2.15 bits per heavy atom. The van der Waals surface area contributed by atoms with Crippen molar-refractivity contribution >= 4 is 33.3 Å². The van der Waals surface area contributed by atoms with Crippen molar-refractivity contribution in [2.75, 3.05) is 17.1 Å². The molecule has 0 aliphatic carbocycles. The van der Waals surface area contributed by atoms with Gasteiger partial charge in [-0.3, -0.25) is 9.52 Å². The number of aromatic hydroxyl groups is 1. The highest BCUT2D eigenvalue weighted by atomic mass is 35.5. The van der Waals surface area contributed by atoms with Crippen LogP contribution < -0.4 is 4.72 Å². The van der Waals surface area contributed by atoms with Gasteiger partial charge in [-0.05, 0) is 13.0 Å². The normalized spacial score (nSPS) is 11.2. The molecule has 0 unspecified atom stereocenters. The van der Waals surface area contributed by atoms with Gasteiger partial charge in [-0.15, -0.1) is 0 Å². The number of carbonyl (C=O) groups is 1. The molecule has 0 fully saturated rings. The summed E-state index contributed by atoms with van der Waals surface area (Å²) < 4.78 is 43.0. The van der Waals surface area contributed by atoms with Crippen LogP contribution in [0.1, 0.15) is 13.3 Å². The highest BCUT2D eigenvalue weighted by molar-refractivity contribution is 7.92.